The van der Waals surface area contributed by atoms with Crippen LogP contribution in [0.3, 0.4) is 0 Å². The third-order valence-corrected chi connectivity index (χ3v) is 2.52. The molecule has 1 aromatic carbocycles. The van der Waals surface area contributed by atoms with Crippen molar-refractivity contribution in [3.05, 3.63) is 29.3 Å². The summed E-state index contributed by atoms with van der Waals surface area (Å²) in [6.07, 6.45) is 0. The van der Waals surface area contributed by atoms with Crippen molar-refractivity contribution in [3.8, 4) is 5.75 Å². The van der Waals surface area contributed by atoms with Crippen molar-refractivity contribution < 1.29 is 14.3 Å². The lowest BCUT2D eigenvalue weighted by Gasteiger charge is -2.09. The molecule has 0 aromatic heterocycles. The maximum absolute atomic E-state index is 11.4. The molecule has 0 aliphatic heterocycles. The average Bonchev–Trinajstić information content (AvgIpc) is 2.40. The number of ether oxygens (including phenoxy) is 1. The van der Waals surface area contributed by atoms with E-state index in [0.29, 0.717) is 13.2 Å². The molecule has 0 bridgehead atoms. The first-order valence-corrected chi connectivity index (χ1v) is 6.46. The molecule has 0 aliphatic carbocycles. The lowest BCUT2D eigenvalue weighted by Crippen LogP contribution is -2.40. The van der Waals surface area contributed by atoms with Crippen LogP contribution >= 0.6 is 12.4 Å². The van der Waals surface area contributed by atoms with Gasteiger partial charge < -0.3 is 21.1 Å². The van der Waals surface area contributed by atoms with E-state index in [1.54, 1.807) is 0 Å². The number of carbonyl (C=O) groups is 2. The number of amides is 2. The summed E-state index contributed by atoms with van der Waals surface area (Å²) < 4.78 is 5.54. The summed E-state index contributed by atoms with van der Waals surface area (Å²) in [6.45, 7) is 4.57. The predicted molar refractivity (Wildman–Crippen MR) is 83.7 cm³/mol. The normalized spacial score (nSPS) is 9.48. The lowest BCUT2D eigenvalue weighted by atomic mass is 10.1. The molecule has 7 heteroatoms. The Labute approximate surface area is 130 Å². The highest BCUT2D eigenvalue weighted by Crippen LogP contribution is 2.15. The SMILES string of the molecule is Cc1cc(C)cc(OCCNC(=O)CNC(=O)CN)c1.Cl. The molecule has 0 fully saturated rings. The predicted octanol–water partition coefficient (Wildman–Crippen LogP) is 0.295. The maximum Gasteiger partial charge on any atom is 0.239 e. The zero-order valence-electron chi connectivity index (χ0n) is 12.3. The van der Waals surface area contributed by atoms with E-state index in [4.69, 9.17) is 10.5 Å². The largest absolute Gasteiger partial charge is 0.492 e. The zero-order valence-corrected chi connectivity index (χ0v) is 13.1. The van der Waals surface area contributed by atoms with Gasteiger partial charge in [-0.25, -0.2) is 0 Å². The molecule has 6 nitrogen and oxygen atoms in total. The van der Waals surface area contributed by atoms with Crippen LogP contribution in [0, 0.1) is 13.8 Å². The van der Waals surface area contributed by atoms with Crippen LogP contribution < -0.4 is 21.1 Å². The molecule has 0 radical (unpaired) electrons. The molecular weight excluding hydrogens is 294 g/mol. The van der Waals surface area contributed by atoms with Gasteiger partial charge >= 0.3 is 0 Å². The van der Waals surface area contributed by atoms with Gasteiger partial charge in [-0.15, -0.1) is 12.4 Å². The first-order chi connectivity index (χ1) is 9.51. The Bertz CT molecular complexity index is 460. The number of nitrogens with two attached hydrogens (primary N) is 1. The Balaban J connectivity index is 0.00000400. The fraction of sp³-hybridized carbons (Fsp3) is 0.429. The highest BCUT2D eigenvalue weighted by Gasteiger charge is 2.03. The molecule has 4 N–H and O–H groups in total. The Morgan fingerprint density at radius 2 is 1.71 bits per heavy atom. The molecule has 2 amide bonds. The summed E-state index contributed by atoms with van der Waals surface area (Å²) in [5.41, 5.74) is 7.37. The van der Waals surface area contributed by atoms with Gasteiger partial charge in [-0.2, -0.15) is 0 Å². The quantitative estimate of drug-likeness (QED) is 0.631. The molecule has 1 rings (SSSR count). The van der Waals surface area contributed by atoms with Crippen molar-refractivity contribution in [2.24, 2.45) is 5.73 Å². The number of hydrogen-bond donors (Lipinski definition) is 3. The van der Waals surface area contributed by atoms with E-state index in [2.05, 4.69) is 16.7 Å². The summed E-state index contributed by atoms with van der Waals surface area (Å²) in [5.74, 6) is 0.163. The van der Waals surface area contributed by atoms with Gasteiger partial charge in [0.05, 0.1) is 19.6 Å². The number of halogens is 1. The second-order valence-electron chi connectivity index (χ2n) is 4.50. The van der Waals surface area contributed by atoms with Crippen molar-refractivity contribution in [3.63, 3.8) is 0 Å². The van der Waals surface area contributed by atoms with Gasteiger partial charge in [0.25, 0.3) is 0 Å². The van der Waals surface area contributed by atoms with Crippen molar-refractivity contribution >= 4 is 24.2 Å². The maximum atomic E-state index is 11.4. The summed E-state index contributed by atoms with van der Waals surface area (Å²) >= 11 is 0. The van der Waals surface area contributed by atoms with E-state index in [-0.39, 0.29) is 37.3 Å². The molecule has 0 saturated carbocycles. The van der Waals surface area contributed by atoms with Crippen molar-refractivity contribution in [2.75, 3.05) is 26.2 Å². The Morgan fingerprint density at radius 1 is 1.10 bits per heavy atom. The van der Waals surface area contributed by atoms with Crippen molar-refractivity contribution in [1.82, 2.24) is 10.6 Å². The summed E-state index contributed by atoms with van der Waals surface area (Å²) in [7, 11) is 0. The van der Waals surface area contributed by atoms with E-state index in [1.165, 1.54) is 0 Å². The number of nitrogens with one attached hydrogen (secondary N) is 2. The van der Waals surface area contributed by atoms with Crippen LogP contribution in [0.5, 0.6) is 5.75 Å². The molecule has 0 atom stereocenters. The Hall–Kier alpha value is -1.79. The molecule has 0 unspecified atom stereocenters. The van der Waals surface area contributed by atoms with E-state index < -0.39 is 0 Å². The lowest BCUT2D eigenvalue weighted by molar-refractivity contribution is -0.125. The molecule has 1 aromatic rings. The fourth-order valence-electron chi connectivity index (χ4n) is 1.69. The van der Waals surface area contributed by atoms with Gasteiger partial charge in [-0.1, -0.05) is 6.07 Å². The second kappa shape index (κ2) is 10.0. The van der Waals surface area contributed by atoms with Crippen LogP contribution in [-0.4, -0.2) is 38.1 Å². The highest BCUT2D eigenvalue weighted by atomic mass is 35.5. The van der Waals surface area contributed by atoms with E-state index >= 15 is 0 Å². The van der Waals surface area contributed by atoms with E-state index in [1.807, 2.05) is 26.0 Å². The van der Waals surface area contributed by atoms with Crippen LogP contribution in [0.15, 0.2) is 18.2 Å². The smallest absolute Gasteiger partial charge is 0.239 e. The van der Waals surface area contributed by atoms with Crippen LogP contribution in [0.1, 0.15) is 11.1 Å². The molecule has 0 saturated heterocycles. The number of carbonyl (C=O) groups excluding carboxylic acids is 2. The van der Waals surface area contributed by atoms with Gasteiger partial charge in [0.15, 0.2) is 0 Å². The molecule has 21 heavy (non-hydrogen) atoms. The van der Waals surface area contributed by atoms with Crippen molar-refractivity contribution in [1.29, 1.82) is 0 Å². The minimum atomic E-state index is -0.355. The van der Waals surface area contributed by atoms with E-state index in [0.717, 1.165) is 16.9 Å². The van der Waals surface area contributed by atoms with Gasteiger partial charge in [0.2, 0.25) is 11.8 Å². The monoisotopic (exact) mass is 315 g/mol. The van der Waals surface area contributed by atoms with Crippen LogP contribution in [0.25, 0.3) is 0 Å². The number of aryl methyl sites for hydroxylation is 2. The number of rotatable bonds is 7. The standard InChI is InChI=1S/C14H21N3O3.ClH/c1-10-5-11(2)7-12(6-10)20-4-3-16-14(19)9-17-13(18)8-15;/h5-7H,3-4,8-9,15H2,1-2H3,(H,16,19)(H,17,18);1H. The average molecular weight is 316 g/mol. The summed E-state index contributed by atoms with van der Waals surface area (Å²) in [6, 6.07) is 5.95. The topological polar surface area (TPSA) is 93.5 Å². The number of benzene rings is 1. The van der Waals surface area contributed by atoms with Crippen LogP contribution in [0.4, 0.5) is 0 Å². The molecular formula is C14H22ClN3O3. The van der Waals surface area contributed by atoms with E-state index in [9.17, 15) is 9.59 Å². The molecule has 0 spiro atoms. The summed E-state index contributed by atoms with van der Waals surface area (Å²) in [5, 5.41) is 5.03. The summed E-state index contributed by atoms with van der Waals surface area (Å²) in [4.78, 5) is 22.2. The first kappa shape index (κ1) is 19.2. The third kappa shape index (κ3) is 8.16. The van der Waals surface area contributed by atoms with Gasteiger partial charge in [-0.05, 0) is 37.1 Å². The first-order valence-electron chi connectivity index (χ1n) is 6.46. The number of hydrogen-bond acceptors (Lipinski definition) is 4. The molecule has 0 aliphatic rings. The third-order valence-electron chi connectivity index (χ3n) is 2.52. The zero-order chi connectivity index (χ0) is 15.0. The Kier molecular flexibility index (Phi) is 9.16. The Morgan fingerprint density at radius 3 is 2.29 bits per heavy atom. The minimum absolute atomic E-state index is 0. The van der Waals surface area contributed by atoms with Crippen molar-refractivity contribution in [2.45, 2.75) is 13.8 Å². The van der Waals surface area contributed by atoms with Gasteiger partial charge in [-0.3, -0.25) is 9.59 Å². The molecule has 0 heterocycles. The van der Waals surface area contributed by atoms with Crippen LogP contribution in [0.2, 0.25) is 0 Å². The van der Waals surface area contributed by atoms with Gasteiger partial charge in [0.1, 0.15) is 12.4 Å². The van der Waals surface area contributed by atoms with Gasteiger partial charge in [0, 0.05) is 0 Å². The highest BCUT2D eigenvalue weighted by molar-refractivity contribution is 5.85. The molecule has 118 valence electrons. The fourth-order valence-corrected chi connectivity index (χ4v) is 1.69. The second-order valence-corrected chi connectivity index (χ2v) is 4.50. The minimum Gasteiger partial charge on any atom is -0.492 e. The van der Waals surface area contributed by atoms with Crippen LogP contribution in [-0.2, 0) is 9.59 Å².